The van der Waals surface area contributed by atoms with Crippen LogP contribution >= 0.6 is 0 Å². The van der Waals surface area contributed by atoms with E-state index in [1.807, 2.05) is 12.1 Å². The van der Waals surface area contributed by atoms with Crippen LogP contribution in [0, 0.1) is 0 Å². The van der Waals surface area contributed by atoms with E-state index in [0.717, 1.165) is 5.39 Å². The summed E-state index contributed by atoms with van der Waals surface area (Å²) in [5, 5.41) is 0.811. The number of carbonyl (C=O) groups is 2. The van der Waals surface area contributed by atoms with Gasteiger partial charge in [-0.3, -0.25) is 14.2 Å². The van der Waals surface area contributed by atoms with Gasteiger partial charge in [0.25, 0.3) is 11.8 Å². The lowest BCUT2D eigenvalue weighted by atomic mass is 10.1. The van der Waals surface area contributed by atoms with Gasteiger partial charge in [-0.25, -0.2) is 0 Å². The highest BCUT2D eigenvalue weighted by Crippen LogP contribution is 2.21. The molecular weight excluding hydrogens is 252 g/mol. The van der Waals surface area contributed by atoms with Crippen LogP contribution in [-0.2, 0) is 0 Å². The second-order valence-electron chi connectivity index (χ2n) is 4.46. The maximum atomic E-state index is 12.5. The Bertz CT molecular complexity index is 804. The Morgan fingerprint density at radius 1 is 0.900 bits per heavy atom. The first-order valence-corrected chi connectivity index (χ1v) is 6.18. The summed E-state index contributed by atoms with van der Waals surface area (Å²) in [6.07, 6.45) is 1.66. The third-order valence-electron chi connectivity index (χ3n) is 3.22. The minimum atomic E-state index is -0.545. The van der Waals surface area contributed by atoms with Gasteiger partial charge < -0.3 is 5.73 Å². The first-order valence-electron chi connectivity index (χ1n) is 6.18. The van der Waals surface area contributed by atoms with Crippen LogP contribution in [0.5, 0.6) is 0 Å². The van der Waals surface area contributed by atoms with E-state index in [0.29, 0.717) is 16.6 Å². The molecule has 2 N–H and O–H groups in total. The average molecular weight is 264 g/mol. The number of primary amides is 1. The minimum Gasteiger partial charge on any atom is -0.366 e. The predicted molar refractivity (Wildman–Crippen MR) is 76.6 cm³/mol. The average Bonchev–Trinajstić information content (AvgIpc) is 2.91. The van der Waals surface area contributed by atoms with E-state index in [1.54, 1.807) is 48.7 Å². The van der Waals surface area contributed by atoms with Gasteiger partial charge in [-0.1, -0.05) is 30.3 Å². The van der Waals surface area contributed by atoms with Crippen LogP contribution in [0.1, 0.15) is 20.7 Å². The highest BCUT2D eigenvalue weighted by atomic mass is 16.2. The molecule has 0 radical (unpaired) electrons. The minimum absolute atomic E-state index is 0.186. The maximum absolute atomic E-state index is 12.5. The van der Waals surface area contributed by atoms with E-state index in [4.69, 9.17) is 5.73 Å². The van der Waals surface area contributed by atoms with Crippen molar-refractivity contribution in [2.75, 3.05) is 0 Å². The van der Waals surface area contributed by atoms with Crippen molar-refractivity contribution in [1.82, 2.24) is 4.57 Å². The molecule has 0 bridgehead atoms. The van der Waals surface area contributed by atoms with Gasteiger partial charge in [-0.15, -0.1) is 0 Å². The van der Waals surface area contributed by atoms with Crippen LogP contribution in [0.15, 0.2) is 60.8 Å². The van der Waals surface area contributed by atoms with Crippen LogP contribution in [0.2, 0.25) is 0 Å². The molecule has 0 atom stereocenters. The number of para-hydroxylation sites is 1. The highest BCUT2D eigenvalue weighted by Gasteiger charge is 2.15. The van der Waals surface area contributed by atoms with Crippen molar-refractivity contribution >= 4 is 22.7 Å². The van der Waals surface area contributed by atoms with Gasteiger partial charge in [0.2, 0.25) is 0 Å². The first kappa shape index (κ1) is 12.2. The molecule has 4 heteroatoms. The smallest absolute Gasteiger partial charge is 0.262 e. The summed E-state index contributed by atoms with van der Waals surface area (Å²) >= 11 is 0. The number of nitrogens with zero attached hydrogens (tertiary/aromatic N) is 1. The topological polar surface area (TPSA) is 65.1 Å². The zero-order valence-electron chi connectivity index (χ0n) is 10.6. The van der Waals surface area contributed by atoms with Crippen molar-refractivity contribution < 1.29 is 9.59 Å². The second kappa shape index (κ2) is 4.66. The molecule has 0 aliphatic rings. The van der Waals surface area contributed by atoms with Gasteiger partial charge in [0.1, 0.15) is 0 Å². The number of hydrogen-bond acceptors (Lipinski definition) is 2. The summed E-state index contributed by atoms with van der Waals surface area (Å²) in [6.45, 7) is 0. The van der Waals surface area contributed by atoms with Gasteiger partial charge >= 0.3 is 0 Å². The van der Waals surface area contributed by atoms with E-state index in [-0.39, 0.29) is 5.91 Å². The van der Waals surface area contributed by atoms with E-state index in [9.17, 15) is 9.59 Å². The normalized spacial score (nSPS) is 10.6. The van der Waals surface area contributed by atoms with Crippen molar-refractivity contribution in [1.29, 1.82) is 0 Å². The third kappa shape index (κ3) is 1.87. The molecule has 1 aromatic heterocycles. The number of amides is 1. The molecule has 98 valence electrons. The van der Waals surface area contributed by atoms with Gasteiger partial charge in [-0.05, 0) is 24.3 Å². The molecule has 3 rings (SSSR count). The van der Waals surface area contributed by atoms with E-state index in [1.165, 1.54) is 4.57 Å². The summed E-state index contributed by atoms with van der Waals surface area (Å²) in [6, 6.07) is 15.9. The maximum Gasteiger partial charge on any atom is 0.262 e. The quantitative estimate of drug-likeness (QED) is 0.772. The number of aromatic nitrogens is 1. The number of carbonyl (C=O) groups excluding carboxylic acids is 2. The largest absolute Gasteiger partial charge is 0.366 e. The van der Waals surface area contributed by atoms with Gasteiger partial charge in [0.05, 0.1) is 11.1 Å². The molecule has 1 heterocycles. The van der Waals surface area contributed by atoms with Crippen molar-refractivity contribution in [3.05, 3.63) is 71.9 Å². The fourth-order valence-corrected chi connectivity index (χ4v) is 2.28. The number of rotatable bonds is 2. The lowest BCUT2D eigenvalue weighted by Crippen LogP contribution is -2.16. The predicted octanol–water partition coefficient (Wildman–Crippen LogP) is 2.43. The Kier molecular flexibility index (Phi) is 2.84. The lowest BCUT2D eigenvalue weighted by molar-refractivity contribution is 0.0965. The summed E-state index contributed by atoms with van der Waals surface area (Å²) in [7, 11) is 0. The number of hydrogen-bond donors (Lipinski definition) is 1. The molecule has 0 fully saturated rings. The molecule has 20 heavy (non-hydrogen) atoms. The molecule has 3 aromatic rings. The van der Waals surface area contributed by atoms with Crippen LogP contribution in [0.4, 0.5) is 0 Å². The van der Waals surface area contributed by atoms with Crippen molar-refractivity contribution in [3.8, 4) is 0 Å². The van der Waals surface area contributed by atoms with E-state index >= 15 is 0 Å². The lowest BCUT2D eigenvalue weighted by Gasteiger charge is -2.07. The Morgan fingerprint density at radius 2 is 1.65 bits per heavy atom. The van der Waals surface area contributed by atoms with Crippen LogP contribution in [0.25, 0.3) is 10.9 Å². The summed E-state index contributed by atoms with van der Waals surface area (Å²) < 4.78 is 1.46. The van der Waals surface area contributed by atoms with Crippen LogP contribution < -0.4 is 5.73 Å². The number of fused-ring (bicyclic) bond motifs is 1. The van der Waals surface area contributed by atoms with E-state index < -0.39 is 5.91 Å². The molecule has 0 saturated carbocycles. The third-order valence-corrected chi connectivity index (χ3v) is 3.22. The molecule has 0 aliphatic heterocycles. The van der Waals surface area contributed by atoms with Gasteiger partial charge in [-0.2, -0.15) is 0 Å². The Labute approximate surface area is 115 Å². The van der Waals surface area contributed by atoms with Crippen molar-refractivity contribution in [2.45, 2.75) is 0 Å². The fourth-order valence-electron chi connectivity index (χ4n) is 2.28. The van der Waals surface area contributed by atoms with Crippen molar-refractivity contribution in [3.63, 3.8) is 0 Å². The Hall–Kier alpha value is -2.88. The van der Waals surface area contributed by atoms with Crippen LogP contribution in [0.3, 0.4) is 0 Å². The molecule has 2 aromatic carbocycles. The summed E-state index contributed by atoms with van der Waals surface area (Å²) in [5.74, 6) is -0.731. The van der Waals surface area contributed by atoms with E-state index in [2.05, 4.69) is 0 Å². The SMILES string of the molecule is NC(=O)c1cccc2ccn(C(=O)c3ccccc3)c12. The Morgan fingerprint density at radius 3 is 2.35 bits per heavy atom. The van der Waals surface area contributed by atoms with Gasteiger partial charge in [0, 0.05) is 17.1 Å². The molecular formula is C16H12N2O2. The molecule has 4 nitrogen and oxygen atoms in total. The monoisotopic (exact) mass is 264 g/mol. The molecule has 0 aliphatic carbocycles. The summed E-state index contributed by atoms with van der Waals surface area (Å²) in [4.78, 5) is 24.0. The number of nitrogens with two attached hydrogens (primary N) is 1. The fraction of sp³-hybridized carbons (Fsp3) is 0. The van der Waals surface area contributed by atoms with Gasteiger partial charge in [0.15, 0.2) is 0 Å². The summed E-state index contributed by atoms with van der Waals surface area (Å²) in [5.41, 5.74) is 6.84. The Balaban J connectivity index is 2.23. The molecule has 0 spiro atoms. The second-order valence-corrected chi connectivity index (χ2v) is 4.46. The first-order chi connectivity index (χ1) is 9.68. The number of benzene rings is 2. The zero-order valence-corrected chi connectivity index (χ0v) is 10.6. The molecule has 1 amide bonds. The van der Waals surface area contributed by atoms with Crippen LogP contribution in [-0.4, -0.2) is 16.4 Å². The molecule has 0 unspecified atom stereocenters. The zero-order chi connectivity index (χ0) is 14.1. The van der Waals surface area contributed by atoms with Crippen molar-refractivity contribution in [2.24, 2.45) is 5.73 Å². The highest BCUT2D eigenvalue weighted by molar-refractivity contribution is 6.10. The molecule has 0 saturated heterocycles. The standard InChI is InChI=1S/C16H12N2O2/c17-15(19)13-8-4-7-11-9-10-18(14(11)13)16(20)12-5-2-1-3-6-12/h1-10H,(H2,17,19).